The van der Waals surface area contributed by atoms with Crippen molar-refractivity contribution in [3.05, 3.63) is 24.3 Å². The van der Waals surface area contributed by atoms with Gasteiger partial charge in [-0.15, -0.1) is 0 Å². The van der Waals surface area contributed by atoms with E-state index in [0.717, 1.165) is 0 Å². The molecule has 0 bridgehead atoms. The lowest BCUT2D eigenvalue weighted by molar-refractivity contribution is -0.137. The zero-order chi connectivity index (χ0) is 11.1. The van der Waals surface area contributed by atoms with E-state index < -0.39 is 5.97 Å². The van der Waals surface area contributed by atoms with Gasteiger partial charge >= 0.3 is 5.97 Å². The van der Waals surface area contributed by atoms with Gasteiger partial charge in [-0.25, -0.2) is 9.97 Å². The molecule has 15 heavy (non-hydrogen) atoms. The Hall–Kier alpha value is -1.98. The third-order valence-corrected chi connectivity index (χ3v) is 1.67. The fourth-order valence-corrected chi connectivity index (χ4v) is 0.957. The summed E-state index contributed by atoms with van der Waals surface area (Å²) in [7, 11) is 0. The molecule has 0 unspecified atom stereocenters. The maximum Gasteiger partial charge on any atom is 0.303 e. The average Bonchev–Trinajstić information content (AvgIpc) is 2.25. The summed E-state index contributed by atoms with van der Waals surface area (Å²) in [6.45, 7) is 0.329. The van der Waals surface area contributed by atoms with Crippen molar-refractivity contribution in [3.8, 4) is 0 Å². The maximum atomic E-state index is 11.3. The molecule has 0 atom stereocenters. The summed E-state index contributed by atoms with van der Waals surface area (Å²) >= 11 is 0. The Bertz CT molecular complexity index is 340. The van der Waals surface area contributed by atoms with Crippen molar-refractivity contribution < 1.29 is 14.7 Å². The van der Waals surface area contributed by atoms with Crippen LogP contribution in [0.15, 0.2) is 18.6 Å². The van der Waals surface area contributed by atoms with Gasteiger partial charge in [0, 0.05) is 19.2 Å². The molecule has 0 aliphatic carbocycles. The molecule has 1 amide bonds. The molecule has 0 aromatic carbocycles. The molecule has 1 heterocycles. The molecule has 0 saturated heterocycles. The van der Waals surface area contributed by atoms with E-state index in [2.05, 4.69) is 15.3 Å². The van der Waals surface area contributed by atoms with Crippen molar-refractivity contribution in [2.24, 2.45) is 0 Å². The standard InChI is InChI=1S/C9H11N3O3/c13-8(14)2-1-4-11-9(15)7-3-5-10-6-12-7/h3,5-6H,1-2,4H2,(H,11,15)(H,13,14). The highest BCUT2D eigenvalue weighted by Gasteiger charge is 2.05. The molecular formula is C9H11N3O3. The van der Waals surface area contributed by atoms with Crippen LogP contribution in [0.3, 0.4) is 0 Å². The minimum atomic E-state index is -0.869. The SMILES string of the molecule is O=C(O)CCCNC(=O)c1ccncn1. The average molecular weight is 209 g/mol. The van der Waals surface area contributed by atoms with Gasteiger partial charge in [-0.05, 0) is 12.5 Å². The lowest BCUT2D eigenvalue weighted by atomic mass is 10.3. The molecule has 1 aromatic heterocycles. The molecule has 80 valence electrons. The van der Waals surface area contributed by atoms with Crippen molar-refractivity contribution in [2.75, 3.05) is 6.54 Å². The molecule has 6 heteroatoms. The molecule has 0 spiro atoms. The topological polar surface area (TPSA) is 92.2 Å². The summed E-state index contributed by atoms with van der Waals surface area (Å²) in [6, 6.07) is 1.49. The van der Waals surface area contributed by atoms with Crippen LogP contribution in [-0.4, -0.2) is 33.5 Å². The first-order chi connectivity index (χ1) is 7.20. The van der Waals surface area contributed by atoms with Gasteiger partial charge < -0.3 is 10.4 Å². The van der Waals surface area contributed by atoms with Crippen molar-refractivity contribution >= 4 is 11.9 Å². The predicted molar refractivity (Wildman–Crippen MR) is 51.2 cm³/mol. The van der Waals surface area contributed by atoms with E-state index in [0.29, 0.717) is 13.0 Å². The van der Waals surface area contributed by atoms with Gasteiger partial charge in [0.05, 0.1) is 0 Å². The molecule has 1 rings (SSSR count). The number of amides is 1. The molecule has 1 aromatic rings. The number of hydrogen-bond donors (Lipinski definition) is 2. The first kappa shape index (κ1) is 11.1. The van der Waals surface area contributed by atoms with E-state index in [1.165, 1.54) is 18.6 Å². The van der Waals surface area contributed by atoms with Crippen LogP contribution >= 0.6 is 0 Å². The van der Waals surface area contributed by atoms with E-state index in [9.17, 15) is 9.59 Å². The summed E-state index contributed by atoms with van der Waals surface area (Å²) in [5.41, 5.74) is 0.278. The second-order valence-corrected chi connectivity index (χ2v) is 2.85. The number of aliphatic carboxylic acids is 1. The number of carbonyl (C=O) groups is 2. The number of rotatable bonds is 5. The normalized spacial score (nSPS) is 9.60. The quantitative estimate of drug-likeness (QED) is 0.669. The Morgan fingerprint density at radius 1 is 1.47 bits per heavy atom. The number of carboxylic acid groups (broad SMARTS) is 1. The monoisotopic (exact) mass is 209 g/mol. The second-order valence-electron chi connectivity index (χ2n) is 2.85. The van der Waals surface area contributed by atoms with Gasteiger partial charge in [0.15, 0.2) is 0 Å². The molecule has 0 aliphatic rings. The number of nitrogens with zero attached hydrogens (tertiary/aromatic N) is 2. The predicted octanol–water partition coefficient (Wildman–Crippen LogP) is 0.0712. The number of carboxylic acids is 1. The largest absolute Gasteiger partial charge is 0.481 e. The van der Waals surface area contributed by atoms with E-state index in [1.807, 2.05) is 0 Å². The molecule has 0 fully saturated rings. The van der Waals surface area contributed by atoms with Crippen LogP contribution in [0.1, 0.15) is 23.3 Å². The minimum Gasteiger partial charge on any atom is -0.481 e. The summed E-state index contributed by atoms with van der Waals surface area (Å²) in [5.74, 6) is -1.19. The fourth-order valence-electron chi connectivity index (χ4n) is 0.957. The molecule has 0 saturated carbocycles. The highest BCUT2D eigenvalue weighted by atomic mass is 16.4. The second kappa shape index (κ2) is 5.69. The number of carbonyl (C=O) groups excluding carboxylic acids is 1. The summed E-state index contributed by atoms with van der Waals surface area (Å²) < 4.78 is 0. The van der Waals surface area contributed by atoms with Crippen LogP contribution < -0.4 is 5.32 Å². The third-order valence-electron chi connectivity index (χ3n) is 1.67. The Labute approximate surface area is 86.4 Å². The van der Waals surface area contributed by atoms with E-state index in [4.69, 9.17) is 5.11 Å². The van der Waals surface area contributed by atoms with Gasteiger partial charge in [0.1, 0.15) is 12.0 Å². The van der Waals surface area contributed by atoms with Crippen molar-refractivity contribution in [3.63, 3.8) is 0 Å². The molecule has 2 N–H and O–H groups in total. The Balaban J connectivity index is 2.28. The molecule has 0 radical (unpaired) electrons. The molecule has 0 aliphatic heterocycles. The van der Waals surface area contributed by atoms with Gasteiger partial charge in [-0.2, -0.15) is 0 Å². The first-order valence-electron chi connectivity index (χ1n) is 4.46. The lowest BCUT2D eigenvalue weighted by Gasteiger charge is -2.02. The van der Waals surface area contributed by atoms with Crippen LogP contribution in [0, 0.1) is 0 Å². The van der Waals surface area contributed by atoms with Gasteiger partial charge in [0.2, 0.25) is 0 Å². The fraction of sp³-hybridized carbons (Fsp3) is 0.333. The van der Waals surface area contributed by atoms with Crippen molar-refractivity contribution in [1.82, 2.24) is 15.3 Å². The minimum absolute atomic E-state index is 0.0457. The van der Waals surface area contributed by atoms with E-state index >= 15 is 0 Å². The summed E-state index contributed by atoms with van der Waals surface area (Å²) in [5, 5.41) is 10.9. The Kier molecular flexibility index (Phi) is 4.21. The third kappa shape index (κ3) is 4.17. The number of hydrogen-bond acceptors (Lipinski definition) is 4. The zero-order valence-electron chi connectivity index (χ0n) is 8.01. The van der Waals surface area contributed by atoms with Crippen LogP contribution in [0.25, 0.3) is 0 Å². The summed E-state index contributed by atoms with van der Waals surface area (Å²) in [4.78, 5) is 29.0. The van der Waals surface area contributed by atoms with E-state index in [-0.39, 0.29) is 18.0 Å². The van der Waals surface area contributed by atoms with Crippen LogP contribution in [0.4, 0.5) is 0 Å². The maximum absolute atomic E-state index is 11.3. The highest BCUT2D eigenvalue weighted by Crippen LogP contribution is 1.92. The van der Waals surface area contributed by atoms with Gasteiger partial charge in [-0.1, -0.05) is 0 Å². The Morgan fingerprint density at radius 3 is 2.87 bits per heavy atom. The van der Waals surface area contributed by atoms with Gasteiger partial charge in [0.25, 0.3) is 5.91 Å². The first-order valence-corrected chi connectivity index (χ1v) is 4.46. The van der Waals surface area contributed by atoms with Crippen molar-refractivity contribution in [2.45, 2.75) is 12.8 Å². The van der Waals surface area contributed by atoms with Crippen LogP contribution in [0.5, 0.6) is 0 Å². The highest BCUT2D eigenvalue weighted by molar-refractivity contribution is 5.92. The van der Waals surface area contributed by atoms with E-state index in [1.54, 1.807) is 0 Å². The smallest absolute Gasteiger partial charge is 0.303 e. The van der Waals surface area contributed by atoms with Crippen LogP contribution in [-0.2, 0) is 4.79 Å². The van der Waals surface area contributed by atoms with Crippen LogP contribution in [0.2, 0.25) is 0 Å². The summed E-state index contributed by atoms with van der Waals surface area (Å²) in [6.07, 6.45) is 3.21. The van der Waals surface area contributed by atoms with Crippen molar-refractivity contribution in [1.29, 1.82) is 0 Å². The number of aromatic nitrogens is 2. The lowest BCUT2D eigenvalue weighted by Crippen LogP contribution is -2.25. The number of nitrogens with one attached hydrogen (secondary N) is 1. The van der Waals surface area contributed by atoms with Gasteiger partial charge in [-0.3, -0.25) is 9.59 Å². The molecule has 6 nitrogen and oxygen atoms in total. The molecular weight excluding hydrogens is 198 g/mol. The Morgan fingerprint density at radius 2 is 2.27 bits per heavy atom. The zero-order valence-corrected chi connectivity index (χ0v) is 8.01.